The van der Waals surface area contributed by atoms with Gasteiger partial charge in [0.1, 0.15) is 5.82 Å². The highest BCUT2D eigenvalue weighted by atomic mass is 19.1. The maximum absolute atomic E-state index is 12.9. The van der Waals surface area contributed by atoms with Gasteiger partial charge >= 0.3 is 5.97 Å². The molecule has 88 valence electrons. The second-order valence-electron chi connectivity index (χ2n) is 4.46. The van der Waals surface area contributed by atoms with Crippen LogP contribution in [0.5, 0.6) is 0 Å². The minimum absolute atomic E-state index is 0.0713. The first-order valence-corrected chi connectivity index (χ1v) is 5.39. The molecule has 0 saturated heterocycles. The quantitative estimate of drug-likeness (QED) is 0.853. The molecule has 1 aromatic carbocycles. The predicted octanol–water partition coefficient (Wildman–Crippen LogP) is 3.03. The van der Waals surface area contributed by atoms with E-state index in [1.54, 1.807) is 13.0 Å². The minimum atomic E-state index is -0.793. The molecule has 0 spiro atoms. The van der Waals surface area contributed by atoms with Gasteiger partial charge in [-0.2, -0.15) is 0 Å². The fourth-order valence-electron chi connectivity index (χ4n) is 1.73. The highest BCUT2D eigenvalue weighted by Gasteiger charge is 2.22. The average Bonchev–Trinajstić information content (AvgIpc) is 2.15. The van der Waals surface area contributed by atoms with E-state index in [4.69, 9.17) is 5.11 Å². The Labute approximate surface area is 95.1 Å². The van der Waals surface area contributed by atoms with Gasteiger partial charge in [-0.1, -0.05) is 19.9 Å². The summed E-state index contributed by atoms with van der Waals surface area (Å²) in [6.07, 6.45) is 0.457. The number of aryl methyl sites for hydroxylation is 1. The number of carbonyl (C=O) groups is 1. The molecule has 0 aliphatic heterocycles. The molecule has 0 saturated carbocycles. The first-order valence-electron chi connectivity index (χ1n) is 5.39. The van der Waals surface area contributed by atoms with Crippen molar-refractivity contribution in [2.75, 3.05) is 0 Å². The highest BCUT2D eigenvalue weighted by Crippen LogP contribution is 2.20. The normalized spacial score (nSPS) is 12.8. The van der Waals surface area contributed by atoms with E-state index in [0.29, 0.717) is 6.42 Å². The molecular weight excluding hydrogens is 207 g/mol. The third-order valence-electron chi connectivity index (χ3n) is 2.87. The van der Waals surface area contributed by atoms with Crippen molar-refractivity contribution in [2.24, 2.45) is 11.8 Å². The van der Waals surface area contributed by atoms with Crippen molar-refractivity contribution < 1.29 is 14.3 Å². The zero-order chi connectivity index (χ0) is 12.3. The van der Waals surface area contributed by atoms with Gasteiger partial charge < -0.3 is 5.11 Å². The third-order valence-corrected chi connectivity index (χ3v) is 2.87. The molecule has 0 heterocycles. The zero-order valence-electron chi connectivity index (χ0n) is 9.83. The van der Waals surface area contributed by atoms with Crippen LogP contribution in [0.4, 0.5) is 4.39 Å². The van der Waals surface area contributed by atoms with Crippen molar-refractivity contribution in [1.29, 1.82) is 0 Å². The number of benzene rings is 1. The molecule has 0 aliphatic rings. The van der Waals surface area contributed by atoms with E-state index < -0.39 is 11.9 Å². The van der Waals surface area contributed by atoms with E-state index in [1.165, 1.54) is 12.1 Å². The molecule has 0 fully saturated rings. The summed E-state index contributed by atoms with van der Waals surface area (Å²) < 4.78 is 12.9. The molecule has 0 amide bonds. The second kappa shape index (κ2) is 5.10. The standard InChI is InChI=1S/C13H17FO2/c1-8(2)12(13(15)16)7-10-4-5-11(14)6-9(10)3/h4-6,8,12H,7H2,1-3H3,(H,15,16). The van der Waals surface area contributed by atoms with Gasteiger partial charge in [-0.05, 0) is 42.5 Å². The summed E-state index contributed by atoms with van der Waals surface area (Å²) in [4.78, 5) is 11.0. The molecule has 0 aliphatic carbocycles. The first-order chi connectivity index (χ1) is 7.41. The van der Waals surface area contributed by atoms with Crippen LogP contribution in [0.2, 0.25) is 0 Å². The molecule has 16 heavy (non-hydrogen) atoms. The lowest BCUT2D eigenvalue weighted by Crippen LogP contribution is -2.22. The van der Waals surface area contributed by atoms with E-state index in [0.717, 1.165) is 11.1 Å². The van der Waals surface area contributed by atoms with Gasteiger partial charge in [0.15, 0.2) is 0 Å². The van der Waals surface area contributed by atoms with Crippen LogP contribution in [-0.4, -0.2) is 11.1 Å². The molecule has 1 rings (SSSR count). The number of rotatable bonds is 4. The van der Waals surface area contributed by atoms with Gasteiger partial charge in [0.25, 0.3) is 0 Å². The van der Waals surface area contributed by atoms with Gasteiger partial charge in [-0.3, -0.25) is 4.79 Å². The molecule has 1 aromatic rings. The Morgan fingerprint density at radius 1 is 1.44 bits per heavy atom. The molecule has 1 N–H and O–H groups in total. The van der Waals surface area contributed by atoms with Crippen LogP contribution in [0, 0.1) is 24.6 Å². The first kappa shape index (κ1) is 12.7. The van der Waals surface area contributed by atoms with Gasteiger partial charge in [-0.15, -0.1) is 0 Å². The van der Waals surface area contributed by atoms with Crippen LogP contribution in [0.3, 0.4) is 0 Å². The number of carboxylic acid groups (broad SMARTS) is 1. The number of halogens is 1. The molecule has 0 radical (unpaired) electrons. The molecule has 1 unspecified atom stereocenters. The van der Waals surface area contributed by atoms with E-state index in [9.17, 15) is 9.18 Å². The summed E-state index contributed by atoms with van der Waals surface area (Å²) in [5.41, 5.74) is 1.72. The Bertz CT molecular complexity index is 386. The van der Waals surface area contributed by atoms with Gasteiger partial charge in [-0.25, -0.2) is 4.39 Å². The number of carboxylic acids is 1. The van der Waals surface area contributed by atoms with Crippen molar-refractivity contribution in [3.63, 3.8) is 0 Å². The van der Waals surface area contributed by atoms with Crippen LogP contribution < -0.4 is 0 Å². The zero-order valence-corrected chi connectivity index (χ0v) is 9.83. The van der Waals surface area contributed by atoms with Crippen molar-refractivity contribution in [3.8, 4) is 0 Å². The lowest BCUT2D eigenvalue weighted by atomic mass is 9.88. The van der Waals surface area contributed by atoms with Crippen LogP contribution in [-0.2, 0) is 11.2 Å². The lowest BCUT2D eigenvalue weighted by Gasteiger charge is -2.17. The Morgan fingerprint density at radius 2 is 2.06 bits per heavy atom. The fourth-order valence-corrected chi connectivity index (χ4v) is 1.73. The number of aliphatic carboxylic acids is 1. The average molecular weight is 224 g/mol. The lowest BCUT2D eigenvalue weighted by molar-refractivity contribution is -0.143. The maximum Gasteiger partial charge on any atom is 0.307 e. The van der Waals surface area contributed by atoms with Gasteiger partial charge in [0.05, 0.1) is 5.92 Å². The fraction of sp³-hybridized carbons (Fsp3) is 0.462. The Hall–Kier alpha value is -1.38. The Balaban J connectivity index is 2.90. The molecule has 3 heteroatoms. The van der Waals surface area contributed by atoms with Crippen molar-refractivity contribution >= 4 is 5.97 Å². The summed E-state index contributed by atoms with van der Waals surface area (Å²) in [6.45, 7) is 5.58. The topological polar surface area (TPSA) is 37.3 Å². The summed E-state index contributed by atoms with van der Waals surface area (Å²) in [7, 11) is 0. The third kappa shape index (κ3) is 3.05. The summed E-state index contributed by atoms with van der Waals surface area (Å²) in [5, 5.41) is 9.08. The molecule has 2 nitrogen and oxygen atoms in total. The smallest absolute Gasteiger partial charge is 0.307 e. The van der Waals surface area contributed by atoms with Crippen molar-refractivity contribution in [1.82, 2.24) is 0 Å². The monoisotopic (exact) mass is 224 g/mol. The van der Waals surface area contributed by atoms with E-state index in [-0.39, 0.29) is 11.7 Å². The summed E-state index contributed by atoms with van der Waals surface area (Å²) in [6, 6.07) is 4.49. The van der Waals surface area contributed by atoms with Crippen LogP contribution >= 0.6 is 0 Å². The highest BCUT2D eigenvalue weighted by molar-refractivity contribution is 5.70. The van der Waals surface area contributed by atoms with Crippen LogP contribution in [0.15, 0.2) is 18.2 Å². The van der Waals surface area contributed by atoms with E-state index in [1.807, 2.05) is 13.8 Å². The van der Waals surface area contributed by atoms with E-state index in [2.05, 4.69) is 0 Å². The van der Waals surface area contributed by atoms with Gasteiger partial charge in [0, 0.05) is 0 Å². The number of hydrogen-bond acceptors (Lipinski definition) is 1. The van der Waals surface area contributed by atoms with E-state index >= 15 is 0 Å². The molecule has 1 atom stereocenters. The van der Waals surface area contributed by atoms with Gasteiger partial charge in [0.2, 0.25) is 0 Å². The Kier molecular flexibility index (Phi) is 4.05. The van der Waals surface area contributed by atoms with Crippen LogP contribution in [0.1, 0.15) is 25.0 Å². The Morgan fingerprint density at radius 3 is 2.50 bits per heavy atom. The summed E-state index contributed by atoms with van der Waals surface area (Å²) in [5.74, 6) is -1.41. The largest absolute Gasteiger partial charge is 0.481 e. The second-order valence-corrected chi connectivity index (χ2v) is 4.46. The SMILES string of the molecule is Cc1cc(F)ccc1CC(C(=O)O)C(C)C. The van der Waals surface area contributed by atoms with Crippen molar-refractivity contribution in [2.45, 2.75) is 27.2 Å². The molecular formula is C13H17FO2. The minimum Gasteiger partial charge on any atom is -0.481 e. The molecule has 0 aromatic heterocycles. The molecule has 0 bridgehead atoms. The van der Waals surface area contributed by atoms with Crippen molar-refractivity contribution in [3.05, 3.63) is 35.1 Å². The summed E-state index contributed by atoms with van der Waals surface area (Å²) >= 11 is 0. The number of hydrogen-bond donors (Lipinski definition) is 1. The maximum atomic E-state index is 12.9. The predicted molar refractivity (Wildman–Crippen MR) is 60.8 cm³/mol. The van der Waals surface area contributed by atoms with Crippen LogP contribution in [0.25, 0.3) is 0 Å².